The Morgan fingerprint density at radius 3 is 2.25 bits per heavy atom. The third kappa shape index (κ3) is 6.80. The number of benzene rings is 2. The molecule has 0 radical (unpaired) electrons. The van der Waals surface area contributed by atoms with Gasteiger partial charge in [0.2, 0.25) is 0 Å². The standard InChI is InChI=1S/C21H24O3/c1-2-18-10-12-19(13-11-18)16-21(22)24-15-7-6-14-23-17-20-8-4-3-5-9-20/h3-13H,2,14-17H2,1H3/b7-6+. The van der Waals surface area contributed by atoms with Gasteiger partial charge in [0, 0.05) is 0 Å². The number of carbonyl (C=O) groups is 1. The monoisotopic (exact) mass is 324 g/mol. The van der Waals surface area contributed by atoms with Gasteiger partial charge in [-0.3, -0.25) is 4.79 Å². The van der Waals surface area contributed by atoms with Gasteiger partial charge in [0.25, 0.3) is 0 Å². The third-order valence-electron chi connectivity index (χ3n) is 3.61. The number of carbonyl (C=O) groups excluding carboxylic acids is 1. The second-order valence-electron chi connectivity index (χ2n) is 5.50. The van der Waals surface area contributed by atoms with E-state index in [4.69, 9.17) is 9.47 Å². The molecule has 2 aromatic carbocycles. The molecule has 0 spiro atoms. The summed E-state index contributed by atoms with van der Waals surface area (Å²) in [6, 6.07) is 18.1. The largest absolute Gasteiger partial charge is 0.461 e. The molecule has 0 aromatic heterocycles. The van der Waals surface area contributed by atoms with Gasteiger partial charge in [-0.25, -0.2) is 0 Å². The molecular formula is C21H24O3. The van der Waals surface area contributed by atoms with Gasteiger partial charge in [0.1, 0.15) is 6.61 Å². The van der Waals surface area contributed by atoms with E-state index in [-0.39, 0.29) is 12.6 Å². The molecule has 0 atom stereocenters. The van der Waals surface area contributed by atoms with Crippen molar-refractivity contribution in [3.8, 4) is 0 Å². The second kappa shape index (κ2) is 10.4. The van der Waals surface area contributed by atoms with Crippen molar-refractivity contribution in [1.29, 1.82) is 0 Å². The SMILES string of the molecule is CCc1ccc(CC(=O)OC/C=C/COCc2ccccc2)cc1. The van der Waals surface area contributed by atoms with Crippen LogP contribution >= 0.6 is 0 Å². The fourth-order valence-electron chi connectivity index (χ4n) is 2.21. The van der Waals surface area contributed by atoms with Gasteiger partial charge in [-0.15, -0.1) is 0 Å². The fourth-order valence-corrected chi connectivity index (χ4v) is 2.21. The van der Waals surface area contributed by atoms with Crippen molar-refractivity contribution in [2.45, 2.75) is 26.4 Å². The van der Waals surface area contributed by atoms with Crippen LogP contribution in [-0.2, 0) is 33.7 Å². The number of aryl methyl sites for hydroxylation is 1. The molecule has 2 aromatic rings. The third-order valence-corrected chi connectivity index (χ3v) is 3.61. The maximum absolute atomic E-state index is 11.8. The summed E-state index contributed by atoms with van der Waals surface area (Å²) in [7, 11) is 0. The number of esters is 1. The minimum absolute atomic E-state index is 0.214. The Kier molecular flexibility index (Phi) is 7.78. The number of ether oxygens (including phenoxy) is 2. The molecule has 24 heavy (non-hydrogen) atoms. The van der Waals surface area contributed by atoms with E-state index in [1.807, 2.05) is 66.7 Å². The molecule has 0 fully saturated rings. The van der Waals surface area contributed by atoms with Crippen molar-refractivity contribution in [2.75, 3.05) is 13.2 Å². The van der Waals surface area contributed by atoms with Crippen LogP contribution in [0.15, 0.2) is 66.7 Å². The summed E-state index contributed by atoms with van der Waals surface area (Å²) in [4.78, 5) is 11.8. The summed E-state index contributed by atoms with van der Waals surface area (Å²) in [6.45, 7) is 3.48. The molecular weight excluding hydrogens is 300 g/mol. The van der Waals surface area contributed by atoms with Crippen LogP contribution in [0, 0.1) is 0 Å². The van der Waals surface area contributed by atoms with E-state index in [9.17, 15) is 4.79 Å². The highest BCUT2D eigenvalue weighted by atomic mass is 16.5. The van der Waals surface area contributed by atoms with Gasteiger partial charge < -0.3 is 9.47 Å². The zero-order valence-corrected chi connectivity index (χ0v) is 14.1. The summed E-state index contributed by atoms with van der Waals surface area (Å²) >= 11 is 0. The van der Waals surface area contributed by atoms with Crippen molar-refractivity contribution < 1.29 is 14.3 Å². The maximum atomic E-state index is 11.8. The smallest absolute Gasteiger partial charge is 0.310 e. The topological polar surface area (TPSA) is 35.5 Å². The first-order chi connectivity index (χ1) is 11.8. The molecule has 0 saturated heterocycles. The van der Waals surface area contributed by atoms with E-state index in [0.717, 1.165) is 17.5 Å². The lowest BCUT2D eigenvalue weighted by atomic mass is 10.1. The Labute approximate surface area is 143 Å². The highest BCUT2D eigenvalue weighted by molar-refractivity contribution is 5.72. The van der Waals surface area contributed by atoms with Crippen molar-refractivity contribution in [1.82, 2.24) is 0 Å². The lowest BCUT2D eigenvalue weighted by molar-refractivity contribution is -0.141. The highest BCUT2D eigenvalue weighted by Gasteiger charge is 2.03. The zero-order valence-electron chi connectivity index (χ0n) is 14.1. The van der Waals surface area contributed by atoms with Gasteiger partial charge >= 0.3 is 5.97 Å². The molecule has 0 heterocycles. The number of hydrogen-bond donors (Lipinski definition) is 0. The van der Waals surface area contributed by atoms with Crippen LogP contribution in [0.25, 0.3) is 0 Å². The first-order valence-corrected chi connectivity index (χ1v) is 8.28. The molecule has 2 rings (SSSR count). The molecule has 126 valence electrons. The van der Waals surface area contributed by atoms with Crippen molar-refractivity contribution >= 4 is 5.97 Å². The number of rotatable bonds is 9. The normalized spacial score (nSPS) is 10.9. The summed E-state index contributed by atoms with van der Waals surface area (Å²) in [5, 5.41) is 0. The van der Waals surface area contributed by atoms with E-state index >= 15 is 0 Å². The zero-order chi connectivity index (χ0) is 17.0. The Balaban J connectivity index is 1.58. The van der Waals surface area contributed by atoms with Crippen LogP contribution in [0.4, 0.5) is 0 Å². The second-order valence-corrected chi connectivity index (χ2v) is 5.50. The predicted octanol–water partition coefficient (Wildman–Crippen LogP) is 4.11. The molecule has 0 amide bonds. The van der Waals surface area contributed by atoms with Crippen molar-refractivity contribution in [2.24, 2.45) is 0 Å². The summed E-state index contributed by atoms with van der Waals surface area (Å²) in [5.41, 5.74) is 3.39. The average molecular weight is 324 g/mol. The van der Waals surface area contributed by atoms with Crippen LogP contribution < -0.4 is 0 Å². The molecule has 0 aliphatic rings. The van der Waals surface area contributed by atoms with Crippen LogP contribution in [0.2, 0.25) is 0 Å². The lowest BCUT2D eigenvalue weighted by Crippen LogP contribution is -2.08. The van der Waals surface area contributed by atoms with Gasteiger partial charge in [0.05, 0.1) is 19.6 Å². The molecule has 0 aliphatic carbocycles. The van der Waals surface area contributed by atoms with E-state index in [2.05, 4.69) is 6.92 Å². The predicted molar refractivity (Wildman–Crippen MR) is 95.7 cm³/mol. The molecule has 0 bridgehead atoms. The summed E-state index contributed by atoms with van der Waals surface area (Å²) in [5.74, 6) is -0.214. The van der Waals surface area contributed by atoms with Crippen LogP contribution in [-0.4, -0.2) is 19.2 Å². The average Bonchev–Trinajstić information content (AvgIpc) is 2.62. The van der Waals surface area contributed by atoms with Crippen molar-refractivity contribution in [3.05, 3.63) is 83.4 Å². The summed E-state index contributed by atoms with van der Waals surface area (Å²) < 4.78 is 10.7. The minimum Gasteiger partial charge on any atom is -0.461 e. The Bertz CT molecular complexity index is 630. The quantitative estimate of drug-likeness (QED) is 0.396. The van der Waals surface area contributed by atoms with Crippen LogP contribution in [0.5, 0.6) is 0 Å². The first-order valence-electron chi connectivity index (χ1n) is 8.28. The van der Waals surface area contributed by atoms with E-state index < -0.39 is 0 Å². The maximum Gasteiger partial charge on any atom is 0.310 e. The van der Waals surface area contributed by atoms with Gasteiger partial charge in [0.15, 0.2) is 0 Å². The Hall–Kier alpha value is -2.39. The minimum atomic E-state index is -0.214. The van der Waals surface area contributed by atoms with Gasteiger partial charge in [-0.2, -0.15) is 0 Å². The molecule has 0 aliphatic heterocycles. The molecule has 0 saturated carbocycles. The van der Waals surface area contributed by atoms with Crippen LogP contribution in [0.3, 0.4) is 0 Å². The molecule has 3 heteroatoms. The van der Waals surface area contributed by atoms with Crippen LogP contribution in [0.1, 0.15) is 23.6 Å². The fraction of sp³-hybridized carbons (Fsp3) is 0.286. The molecule has 3 nitrogen and oxygen atoms in total. The van der Waals surface area contributed by atoms with Crippen molar-refractivity contribution in [3.63, 3.8) is 0 Å². The molecule has 0 unspecified atom stereocenters. The lowest BCUT2D eigenvalue weighted by Gasteiger charge is -2.04. The Morgan fingerprint density at radius 1 is 0.875 bits per heavy atom. The number of hydrogen-bond acceptors (Lipinski definition) is 3. The van der Waals surface area contributed by atoms with Gasteiger partial charge in [-0.05, 0) is 29.2 Å². The first kappa shape index (κ1) is 18.0. The summed E-state index contributed by atoms with van der Waals surface area (Å²) in [6.07, 6.45) is 4.99. The van der Waals surface area contributed by atoms with Gasteiger partial charge in [-0.1, -0.05) is 67.6 Å². The molecule has 0 N–H and O–H groups in total. The Morgan fingerprint density at radius 2 is 1.54 bits per heavy atom. The van der Waals surface area contributed by atoms with E-state index in [1.54, 1.807) is 0 Å². The van der Waals surface area contributed by atoms with E-state index in [1.165, 1.54) is 5.56 Å². The highest BCUT2D eigenvalue weighted by Crippen LogP contribution is 2.06. The van der Waals surface area contributed by atoms with E-state index in [0.29, 0.717) is 19.6 Å².